The number of aliphatic carboxylic acids is 1. The summed E-state index contributed by atoms with van der Waals surface area (Å²) in [7, 11) is 0. The molecule has 6 atom stereocenters. The molecule has 5 aromatic rings. The number of nitrogens with two attached hydrogens (primary N) is 1. The number of thiol groups is 1. The molecule has 14 nitrogen and oxygen atoms in total. The number of para-hydroxylation sites is 1. The molecule has 0 saturated carbocycles. The number of carboxylic acids is 1. The lowest BCUT2D eigenvalue weighted by molar-refractivity contribution is -0.141. The van der Waals surface area contributed by atoms with Gasteiger partial charge in [-0.3, -0.25) is 24.0 Å². The van der Waals surface area contributed by atoms with E-state index >= 15 is 0 Å². The van der Waals surface area contributed by atoms with Gasteiger partial charge in [0.2, 0.25) is 29.5 Å². The number of fused-ring (bicyclic) bond motifs is 1. The minimum absolute atomic E-state index is 0.0324. The van der Waals surface area contributed by atoms with Crippen LogP contribution in [0.1, 0.15) is 29.2 Å². The molecule has 1 aromatic heterocycles. The van der Waals surface area contributed by atoms with Crippen LogP contribution < -0.4 is 32.3 Å². The Morgan fingerprint density at radius 1 is 0.559 bits per heavy atom. The van der Waals surface area contributed by atoms with Crippen molar-refractivity contribution in [3.63, 3.8) is 0 Å². The van der Waals surface area contributed by atoms with E-state index in [0.717, 1.165) is 22.0 Å². The molecule has 308 valence electrons. The zero-order chi connectivity index (χ0) is 42.3. The van der Waals surface area contributed by atoms with Crippen molar-refractivity contribution in [2.75, 3.05) is 5.75 Å². The zero-order valence-electron chi connectivity index (χ0n) is 32.5. The number of aromatic amines is 1. The Kier molecular flexibility index (Phi) is 15.8. The number of hydrogen-bond acceptors (Lipinski definition) is 8. The number of hydrogen-bond donors (Lipinski definition) is 9. The zero-order valence-corrected chi connectivity index (χ0v) is 33.4. The molecular formula is C44H49N7O7S. The topological polar surface area (TPSA) is 225 Å². The van der Waals surface area contributed by atoms with Crippen LogP contribution in [-0.2, 0) is 54.5 Å². The lowest BCUT2D eigenvalue weighted by Gasteiger charge is -2.26. The fourth-order valence-electron chi connectivity index (χ4n) is 6.49. The van der Waals surface area contributed by atoms with Gasteiger partial charge in [-0.25, -0.2) is 4.79 Å². The summed E-state index contributed by atoms with van der Waals surface area (Å²) in [6.45, 7) is 1.42. The molecular weight excluding hydrogens is 771 g/mol. The lowest BCUT2D eigenvalue weighted by Crippen LogP contribution is -2.59. The molecule has 0 bridgehead atoms. The fourth-order valence-corrected chi connectivity index (χ4v) is 6.74. The lowest BCUT2D eigenvalue weighted by atomic mass is 10.0. The van der Waals surface area contributed by atoms with Gasteiger partial charge in [-0.05, 0) is 41.7 Å². The molecule has 15 heteroatoms. The highest BCUT2D eigenvalue weighted by molar-refractivity contribution is 7.80. The molecule has 9 N–H and O–H groups in total. The van der Waals surface area contributed by atoms with Gasteiger partial charge in [0.25, 0.3) is 0 Å². The van der Waals surface area contributed by atoms with Gasteiger partial charge < -0.3 is 42.4 Å². The summed E-state index contributed by atoms with van der Waals surface area (Å²) >= 11 is 4.02. The van der Waals surface area contributed by atoms with E-state index in [-0.39, 0.29) is 31.4 Å². The Labute approximate surface area is 347 Å². The van der Waals surface area contributed by atoms with Crippen molar-refractivity contribution in [1.29, 1.82) is 0 Å². The number of carbonyl (C=O) groups is 6. The predicted octanol–water partition coefficient (Wildman–Crippen LogP) is 2.22. The first-order valence-electron chi connectivity index (χ1n) is 19.2. The van der Waals surface area contributed by atoms with Crippen LogP contribution in [0.15, 0.2) is 121 Å². The monoisotopic (exact) mass is 819 g/mol. The summed E-state index contributed by atoms with van der Waals surface area (Å²) in [6, 6.07) is 27.5. The average Bonchev–Trinajstić information content (AvgIpc) is 3.65. The Morgan fingerprint density at radius 2 is 0.966 bits per heavy atom. The van der Waals surface area contributed by atoms with Crippen LogP contribution in [0.4, 0.5) is 0 Å². The second kappa shape index (κ2) is 21.3. The molecule has 0 aliphatic carbocycles. The second-order valence-corrected chi connectivity index (χ2v) is 14.6. The van der Waals surface area contributed by atoms with E-state index in [1.54, 1.807) is 60.8 Å². The summed E-state index contributed by atoms with van der Waals surface area (Å²) in [5.41, 5.74) is 10.3. The van der Waals surface area contributed by atoms with Gasteiger partial charge in [0, 0.05) is 42.1 Å². The number of carboxylic acid groups (broad SMARTS) is 1. The van der Waals surface area contributed by atoms with Gasteiger partial charge >= 0.3 is 5.97 Å². The molecule has 4 aromatic carbocycles. The fraction of sp³-hybridized carbons (Fsp3) is 0.273. The number of carbonyl (C=O) groups excluding carboxylic acids is 5. The highest BCUT2D eigenvalue weighted by Crippen LogP contribution is 2.19. The maximum absolute atomic E-state index is 14.2. The summed E-state index contributed by atoms with van der Waals surface area (Å²) < 4.78 is 0. The summed E-state index contributed by atoms with van der Waals surface area (Å²) in [5, 5.41) is 23.7. The Morgan fingerprint density at radius 3 is 1.44 bits per heavy atom. The van der Waals surface area contributed by atoms with Gasteiger partial charge in [-0.2, -0.15) is 12.6 Å². The summed E-state index contributed by atoms with van der Waals surface area (Å²) in [4.78, 5) is 83.4. The van der Waals surface area contributed by atoms with Gasteiger partial charge in [0.1, 0.15) is 30.2 Å². The van der Waals surface area contributed by atoms with Crippen LogP contribution in [0.5, 0.6) is 0 Å². The minimum atomic E-state index is -1.30. The normalized spacial score (nSPS) is 14.1. The molecule has 0 unspecified atom stereocenters. The third kappa shape index (κ3) is 12.8. The van der Waals surface area contributed by atoms with Gasteiger partial charge in [-0.15, -0.1) is 0 Å². The van der Waals surface area contributed by atoms with Crippen molar-refractivity contribution in [2.45, 2.75) is 68.9 Å². The molecule has 0 aliphatic heterocycles. The van der Waals surface area contributed by atoms with Gasteiger partial charge in [0.05, 0.1) is 6.04 Å². The second-order valence-electron chi connectivity index (χ2n) is 14.2. The Hall–Kier alpha value is -6.45. The number of amides is 5. The number of H-pyrrole nitrogens is 1. The van der Waals surface area contributed by atoms with Gasteiger partial charge in [-0.1, -0.05) is 109 Å². The number of benzene rings is 4. The van der Waals surface area contributed by atoms with Crippen molar-refractivity contribution in [3.8, 4) is 0 Å². The first-order valence-corrected chi connectivity index (χ1v) is 19.8. The summed E-state index contributed by atoms with van der Waals surface area (Å²) in [6.07, 6.45) is 2.18. The quantitative estimate of drug-likeness (QED) is 0.0529. The van der Waals surface area contributed by atoms with Crippen LogP contribution in [0, 0.1) is 0 Å². The standard InChI is InChI=1S/C44H49N7O7S/c1-27(39(52)48-36(22-29-15-7-3-8-16-29)43(56)51-38(26-59)44(57)58)47-41(54)35(21-28-13-5-2-6-14-28)50-42(55)37(23-30-17-9-4-10-18-30)49-40(53)33(45)24-31-25-46-34-20-12-11-19-32(31)34/h2-20,25,27,33,35-38,46,59H,21-24,26,45H2,1H3,(H,47,54)(H,48,52)(H,49,53)(H,50,55)(H,51,56)(H,57,58)/t27-,33-,35-,36-,37-,38-/m0/s1. The van der Waals surface area contributed by atoms with Crippen LogP contribution in [0.25, 0.3) is 10.9 Å². The van der Waals surface area contributed by atoms with Crippen molar-refractivity contribution < 1.29 is 33.9 Å². The van der Waals surface area contributed by atoms with Crippen molar-refractivity contribution in [2.24, 2.45) is 5.73 Å². The number of aromatic nitrogens is 1. The molecule has 5 amide bonds. The maximum Gasteiger partial charge on any atom is 0.327 e. The van der Waals surface area contributed by atoms with E-state index < -0.39 is 71.8 Å². The maximum atomic E-state index is 14.2. The van der Waals surface area contributed by atoms with E-state index in [0.29, 0.717) is 11.1 Å². The molecule has 59 heavy (non-hydrogen) atoms. The van der Waals surface area contributed by atoms with Crippen LogP contribution >= 0.6 is 12.6 Å². The molecule has 0 spiro atoms. The van der Waals surface area contributed by atoms with E-state index in [9.17, 15) is 33.9 Å². The molecule has 0 saturated heterocycles. The summed E-state index contributed by atoms with van der Waals surface area (Å²) in [5.74, 6) is -4.84. The highest BCUT2D eigenvalue weighted by atomic mass is 32.1. The van der Waals surface area contributed by atoms with Crippen molar-refractivity contribution in [3.05, 3.63) is 144 Å². The highest BCUT2D eigenvalue weighted by Gasteiger charge is 2.32. The molecule has 1 heterocycles. The van der Waals surface area contributed by atoms with Crippen LogP contribution in [-0.4, -0.2) is 87.6 Å². The first kappa shape index (κ1) is 43.7. The Balaban J connectivity index is 1.31. The molecule has 5 rings (SSSR count). The average molecular weight is 820 g/mol. The number of rotatable bonds is 20. The largest absolute Gasteiger partial charge is 0.480 e. The smallest absolute Gasteiger partial charge is 0.327 e. The van der Waals surface area contributed by atoms with E-state index in [1.165, 1.54) is 6.92 Å². The Bertz CT molecular complexity index is 2200. The third-order valence-electron chi connectivity index (χ3n) is 9.75. The molecule has 0 radical (unpaired) electrons. The SMILES string of the molecule is C[C@H](NC(=O)[C@H](Cc1ccccc1)NC(=O)[C@H](Cc1ccccc1)NC(=O)[C@@H](N)Cc1c[nH]c2ccccc12)C(=O)N[C@@H](Cc1ccccc1)C(=O)N[C@@H](CS)C(=O)O. The first-order chi connectivity index (χ1) is 28.4. The molecule has 0 fully saturated rings. The third-order valence-corrected chi connectivity index (χ3v) is 10.1. The van der Waals surface area contributed by atoms with E-state index in [4.69, 9.17) is 5.73 Å². The van der Waals surface area contributed by atoms with E-state index in [2.05, 4.69) is 44.2 Å². The predicted molar refractivity (Wildman–Crippen MR) is 227 cm³/mol. The van der Waals surface area contributed by atoms with Crippen LogP contribution in [0.2, 0.25) is 0 Å². The van der Waals surface area contributed by atoms with Crippen molar-refractivity contribution >= 4 is 59.0 Å². The minimum Gasteiger partial charge on any atom is -0.480 e. The van der Waals surface area contributed by atoms with E-state index in [1.807, 2.05) is 60.7 Å². The van der Waals surface area contributed by atoms with Crippen molar-refractivity contribution in [1.82, 2.24) is 31.6 Å². The van der Waals surface area contributed by atoms with Crippen LogP contribution in [0.3, 0.4) is 0 Å². The van der Waals surface area contributed by atoms with Gasteiger partial charge in [0.15, 0.2) is 0 Å². The number of nitrogens with one attached hydrogen (secondary N) is 6. The molecule has 0 aliphatic rings.